The summed E-state index contributed by atoms with van der Waals surface area (Å²) in [6.45, 7) is 6.95. The van der Waals surface area contributed by atoms with Crippen molar-refractivity contribution in [2.75, 3.05) is 22.1 Å². The lowest BCUT2D eigenvalue weighted by Gasteiger charge is -2.30. The fraction of sp³-hybridized carbons (Fsp3) is 0.231. The highest BCUT2D eigenvalue weighted by molar-refractivity contribution is 6.03. The van der Waals surface area contributed by atoms with Gasteiger partial charge in [-0.2, -0.15) is 0 Å². The van der Waals surface area contributed by atoms with Gasteiger partial charge in [0.25, 0.3) is 0 Å². The summed E-state index contributed by atoms with van der Waals surface area (Å²) in [5, 5.41) is 6.40. The molecule has 0 spiro atoms. The molecule has 0 aliphatic carbocycles. The molecule has 2 N–H and O–H groups in total. The van der Waals surface area contributed by atoms with E-state index in [0.29, 0.717) is 23.1 Å². The van der Waals surface area contributed by atoms with Crippen LogP contribution in [0.1, 0.15) is 19.4 Å². The predicted octanol–water partition coefficient (Wildman–Crippen LogP) is 5.60. The molecule has 0 fully saturated rings. The van der Waals surface area contributed by atoms with E-state index in [1.807, 2.05) is 43.3 Å². The molecule has 5 rings (SSSR count). The highest BCUT2D eigenvalue weighted by Crippen LogP contribution is 2.34. The van der Waals surface area contributed by atoms with Crippen molar-refractivity contribution in [2.24, 2.45) is 5.92 Å². The van der Waals surface area contributed by atoms with Crippen molar-refractivity contribution < 1.29 is 9.21 Å². The first-order valence-electron chi connectivity index (χ1n) is 11.3. The molecular weight excluding hydrogens is 428 g/mol. The number of nitrogens with one attached hydrogen (secondary N) is 2. The third-order valence-corrected chi connectivity index (χ3v) is 6.15. The van der Waals surface area contributed by atoms with Crippen molar-refractivity contribution in [1.29, 1.82) is 0 Å². The molecule has 4 aromatic rings. The van der Waals surface area contributed by atoms with Gasteiger partial charge in [-0.15, -0.1) is 0 Å². The number of carbonyl (C=O) groups is 1. The predicted molar refractivity (Wildman–Crippen MR) is 133 cm³/mol. The topological polar surface area (TPSA) is 96.2 Å². The Bertz CT molecular complexity index is 1320. The van der Waals surface area contributed by atoms with Gasteiger partial charge >= 0.3 is 6.03 Å². The van der Waals surface area contributed by atoms with Crippen LogP contribution in [0.4, 0.5) is 22.1 Å². The van der Waals surface area contributed by atoms with Gasteiger partial charge in [-0.1, -0.05) is 36.8 Å². The van der Waals surface area contributed by atoms with Crippen LogP contribution < -0.4 is 15.5 Å². The molecule has 8 heteroatoms. The number of aromatic nitrogens is 3. The van der Waals surface area contributed by atoms with Crippen molar-refractivity contribution in [2.45, 2.75) is 26.8 Å². The molecule has 0 saturated carbocycles. The zero-order valence-corrected chi connectivity index (χ0v) is 19.3. The quantitative estimate of drug-likeness (QED) is 0.419. The Hall–Kier alpha value is -4.20. The van der Waals surface area contributed by atoms with E-state index in [1.54, 1.807) is 17.2 Å². The molecule has 0 unspecified atom stereocenters. The first-order valence-corrected chi connectivity index (χ1v) is 11.3. The highest BCUT2D eigenvalue weighted by atomic mass is 16.3. The smallest absolute Gasteiger partial charge is 0.328 e. The molecule has 3 aromatic heterocycles. The minimum absolute atomic E-state index is 0.0912. The van der Waals surface area contributed by atoms with Gasteiger partial charge in [0.1, 0.15) is 11.5 Å². The number of anilines is 3. The van der Waals surface area contributed by atoms with Gasteiger partial charge < -0.3 is 9.73 Å². The fourth-order valence-electron chi connectivity index (χ4n) is 4.06. The minimum Gasteiger partial charge on any atom is -0.442 e. The van der Waals surface area contributed by atoms with Crippen molar-refractivity contribution in [1.82, 2.24) is 15.0 Å². The molecule has 1 aliphatic heterocycles. The van der Waals surface area contributed by atoms with Gasteiger partial charge in [0, 0.05) is 18.2 Å². The molecule has 34 heavy (non-hydrogen) atoms. The first kappa shape index (κ1) is 21.6. The lowest BCUT2D eigenvalue weighted by Crippen LogP contribution is -2.45. The highest BCUT2D eigenvalue weighted by Gasteiger charge is 2.32. The summed E-state index contributed by atoms with van der Waals surface area (Å²) in [6.07, 6.45) is 2.94. The van der Waals surface area contributed by atoms with E-state index in [1.165, 1.54) is 6.39 Å². The van der Waals surface area contributed by atoms with Crippen LogP contribution in [0.2, 0.25) is 0 Å². The second-order valence-electron chi connectivity index (χ2n) is 8.61. The van der Waals surface area contributed by atoms with E-state index >= 15 is 0 Å². The molecule has 0 bridgehead atoms. The van der Waals surface area contributed by atoms with E-state index in [2.05, 4.69) is 46.6 Å². The zero-order valence-electron chi connectivity index (χ0n) is 19.3. The Morgan fingerprint density at radius 2 is 1.94 bits per heavy atom. The van der Waals surface area contributed by atoms with Crippen LogP contribution in [0, 0.1) is 12.8 Å². The number of benzene rings is 1. The molecule has 8 nitrogen and oxygen atoms in total. The fourth-order valence-corrected chi connectivity index (χ4v) is 4.06. The van der Waals surface area contributed by atoms with Crippen LogP contribution in [0.25, 0.3) is 22.7 Å². The second-order valence-corrected chi connectivity index (χ2v) is 8.61. The molecule has 1 aromatic carbocycles. The van der Waals surface area contributed by atoms with E-state index in [0.717, 1.165) is 29.1 Å². The zero-order chi connectivity index (χ0) is 23.7. The summed E-state index contributed by atoms with van der Waals surface area (Å²) in [5.41, 5.74) is 4.39. The molecule has 4 heterocycles. The number of rotatable bonds is 3. The first-order chi connectivity index (χ1) is 16.5. The normalized spacial score (nSPS) is 17.4. The summed E-state index contributed by atoms with van der Waals surface area (Å²) in [6, 6.07) is 17.2. The lowest BCUT2D eigenvalue weighted by atomic mass is 10.0. The number of aryl methyl sites for hydroxylation is 1. The van der Waals surface area contributed by atoms with E-state index in [4.69, 9.17) is 9.40 Å². The summed E-state index contributed by atoms with van der Waals surface area (Å²) < 4.78 is 5.34. The number of oxazole rings is 1. The van der Waals surface area contributed by atoms with Crippen LogP contribution in [-0.4, -0.2) is 33.6 Å². The van der Waals surface area contributed by atoms with Crippen LogP contribution in [0.15, 0.2) is 71.6 Å². The number of nitrogens with zero attached hydrogens (tertiary/aromatic N) is 4. The van der Waals surface area contributed by atoms with Gasteiger partial charge in [0.15, 0.2) is 18.0 Å². The summed E-state index contributed by atoms with van der Waals surface area (Å²) in [5.74, 6) is 1.76. The Kier molecular flexibility index (Phi) is 5.71. The maximum Gasteiger partial charge on any atom is 0.328 e. The number of hydrogen-bond acceptors (Lipinski definition) is 6. The third-order valence-electron chi connectivity index (χ3n) is 6.15. The number of fused-ring (bicyclic) bond motifs is 1. The maximum absolute atomic E-state index is 13.6. The van der Waals surface area contributed by atoms with Crippen LogP contribution in [0.3, 0.4) is 0 Å². The number of amides is 2. The third kappa shape index (κ3) is 4.22. The summed E-state index contributed by atoms with van der Waals surface area (Å²) >= 11 is 0. The van der Waals surface area contributed by atoms with Crippen molar-refractivity contribution >= 4 is 23.4 Å². The largest absolute Gasteiger partial charge is 0.442 e. The molecule has 0 radical (unpaired) electrons. The monoisotopic (exact) mass is 454 g/mol. The Balaban J connectivity index is 1.50. The molecule has 172 valence electrons. The van der Waals surface area contributed by atoms with Crippen molar-refractivity contribution in [3.8, 4) is 22.7 Å². The molecule has 1 aliphatic rings. The van der Waals surface area contributed by atoms with Gasteiger partial charge in [-0.05, 0) is 50.1 Å². The average Bonchev–Trinajstić information content (AvgIpc) is 3.34. The molecule has 2 amide bonds. The standard InChI is InChI=1S/C26H26N6O2/c1-16-6-4-7-19(12-16)20-10-11-22-25(30-20)32(18(3)17(2)13-28-22)26(33)31-24-9-5-8-21(29-24)23-14-27-15-34-23/h4-12,14-15,17-18,28H,13H2,1-3H3,(H,29,31,33)/t17-,18-/m1/s1. The average molecular weight is 455 g/mol. The lowest BCUT2D eigenvalue weighted by molar-refractivity contribution is 0.253. The second kappa shape index (κ2) is 8.97. The Morgan fingerprint density at radius 1 is 1.09 bits per heavy atom. The summed E-state index contributed by atoms with van der Waals surface area (Å²) in [4.78, 5) is 28.7. The maximum atomic E-state index is 13.6. The summed E-state index contributed by atoms with van der Waals surface area (Å²) in [7, 11) is 0. The molecular formula is C26H26N6O2. The van der Waals surface area contributed by atoms with Crippen LogP contribution in [0.5, 0.6) is 0 Å². The van der Waals surface area contributed by atoms with Crippen LogP contribution >= 0.6 is 0 Å². The van der Waals surface area contributed by atoms with Gasteiger partial charge in [0.2, 0.25) is 0 Å². The number of hydrogen-bond donors (Lipinski definition) is 2. The van der Waals surface area contributed by atoms with Gasteiger partial charge in [-0.25, -0.2) is 19.7 Å². The van der Waals surface area contributed by atoms with Crippen molar-refractivity contribution in [3.05, 3.63) is 72.8 Å². The van der Waals surface area contributed by atoms with Crippen molar-refractivity contribution in [3.63, 3.8) is 0 Å². The van der Waals surface area contributed by atoms with E-state index in [-0.39, 0.29) is 18.0 Å². The minimum atomic E-state index is -0.291. The Morgan fingerprint density at radius 3 is 2.74 bits per heavy atom. The Labute approximate surface area is 198 Å². The van der Waals surface area contributed by atoms with E-state index < -0.39 is 0 Å². The molecule has 2 atom stereocenters. The molecule has 0 saturated heterocycles. The van der Waals surface area contributed by atoms with Gasteiger partial charge in [0.05, 0.1) is 17.6 Å². The SMILES string of the molecule is Cc1cccc(-c2ccc3c(n2)N(C(=O)Nc2cccc(-c4cnco4)n2)[C@H](C)[C@H](C)CN3)c1. The number of carbonyl (C=O) groups excluding carboxylic acids is 1. The number of urea groups is 1. The van der Waals surface area contributed by atoms with Crippen LogP contribution in [-0.2, 0) is 0 Å². The van der Waals surface area contributed by atoms with Gasteiger partial charge in [-0.3, -0.25) is 10.2 Å². The number of pyridine rings is 2. The van der Waals surface area contributed by atoms with E-state index in [9.17, 15) is 4.79 Å².